The van der Waals surface area contributed by atoms with E-state index < -0.39 is 20.8 Å². The van der Waals surface area contributed by atoms with Crippen LogP contribution in [-0.4, -0.2) is 5.11 Å². The molecule has 0 heterocycles. The molecule has 1 atom stereocenters. The molecule has 6 heteroatoms. The van der Waals surface area contributed by atoms with E-state index >= 15 is 0 Å². The van der Waals surface area contributed by atoms with Gasteiger partial charge in [0.25, 0.3) is 0 Å². The van der Waals surface area contributed by atoms with E-state index in [2.05, 4.69) is 0 Å². The van der Waals surface area contributed by atoms with Gasteiger partial charge in [0, 0.05) is 16.2 Å². The van der Waals surface area contributed by atoms with Gasteiger partial charge in [0.2, 0.25) is 0 Å². The zero-order valence-electron chi connectivity index (χ0n) is 15.8. The minimum atomic E-state index is -0.826. The van der Waals surface area contributed by atoms with E-state index in [9.17, 15) is 9.50 Å². The van der Waals surface area contributed by atoms with Crippen molar-refractivity contribution in [3.63, 3.8) is 0 Å². The van der Waals surface area contributed by atoms with Gasteiger partial charge in [-0.15, -0.1) is 0 Å². The van der Waals surface area contributed by atoms with E-state index in [4.69, 9.17) is 17.0 Å². The van der Waals surface area contributed by atoms with Crippen molar-refractivity contribution in [1.29, 1.82) is 0 Å². The van der Waals surface area contributed by atoms with Crippen molar-refractivity contribution in [2.75, 3.05) is 0 Å². The Morgan fingerprint density at radius 1 is 0.667 bits per heavy atom. The molecular formula is C24H18Cl2FOPZr. The molecular weight excluding hydrogens is 516 g/mol. The molecule has 1 N–H and O–H groups in total. The van der Waals surface area contributed by atoms with Crippen LogP contribution in [0.15, 0.2) is 97.1 Å². The first kappa shape index (κ1) is 23.2. The quantitative estimate of drug-likeness (QED) is 0.284. The number of rotatable bonds is 4. The summed E-state index contributed by atoms with van der Waals surface area (Å²) in [6, 6.07) is 30.5. The Labute approximate surface area is 196 Å². The molecule has 1 unspecified atom stereocenters. The zero-order chi connectivity index (χ0) is 21.3. The molecule has 0 radical (unpaired) electrons. The van der Waals surface area contributed by atoms with Crippen molar-refractivity contribution >= 4 is 36.2 Å². The molecule has 4 aromatic carbocycles. The summed E-state index contributed by atoms with van der Waals surface area (Å²) in [6.45, 7) is 0. The van der Waals surface area contributed by atoms with Gasteiger partial charge in [-0.05, 0) is 34.9 Å². The summed E-state index contributed by atoms with van der Waals surface area (Å²) in [4.78, 5) is 0. The second-order valence-electron chi connectivity index (χ2n) is 6.33. The van der Waals surface area contributed by atoms with Crippen molar-refractivity contribution < 1.29 is 30.3 Å². The second-order valence-corrected chi connectivity index (χ2v) is 11.4. The molecule has 0 spiro atoms. The Morgan fingerprint density at radius 3 is 1.80 bits per heavy atom. The Hall–Kier alpha value is -1.50. The first-order valence-electron chi connectivity index (χ1n) is 9.09. The number of benzene rings is 4. The van der Waals surface area contributed by atoms with Crippen molar-refractivity contribution in [2.24, 2.45) is 0 Å². The van der Waals surface area contributed by atoms with Crippen LogP contribution in [0, 0.1) is 5.82 Å². The number of halogens is 3. The third-order valence-corrected chi connectivity index (χ3v) is 5.77. The normalized spacial score (nSPS) is 10.5. The monoisotopic (exact) mass is 532 g/mol. The Bertz CT molecular complexity index is 1090. The van der Waals surface area contributed by atoms with Gasteiger partial charge in [-0.2, -0.15) is 0 Å². The number of phenols is 1. The second kappa shape index (κ2) is 11.8. The fourth-order valence-electron chi connectivity index (χ4n) is 3.07. The maximum absolute atomic E-state index is 14.2. The summed E-state index contributed by atoms with van der Waals surface area (Å²) >= 11 is -0.826. The zero-order valence-corrected chi connectivity index (χ0v) is 20.8. The summed E-state index contributed by atoms with van der Waals surface area (Å²) in [5.41, 5.74) is 3.77. The fourth-order valence-corrected chi connectivity index (χ4v) is 4.23. The van der Waals surface area contributed by atoms with E-state index in [1.165, 1.54) is 6.07 Å². The molecule has 0 bridgehead atoms. The number of hydrogen-bond acceptors (Lipinski definition) is 1. The van der Waals surface area contributed by atoms with Crippen molar-refractivity contribution in [1.82, 2.24) is 0 Å². The standard InChI is InChI=1S/C24H18FOP.2ClH.Zr/c25-21-13-7-8-14-22(21)27-23-16-19(17-9-3-1-4-10-17)15-20(24(23)26)18-11-5-2-6-12-18;;;/h1-16,26-27H;2*1H;/q;;;+2/p-2. The Kier molecular flexibility index (Phi) is 9.10. The van der Waals surface area contributed by atoms with Gasteiger partial charge >= 0.3 is 37.9 Å². The van der Waals surface area contributed by atoms with E-state index in [0.29, 0.717) is 5.30 Å². The summed E-state index contributed by atoms with van der Waals surface area (Å²) in [7, 11) is 9.90. The molecule has 1 nitrogen and oxygen atoms in total. The SMILES string of the molecule is Oc1c(Pc2ccccc2F)cc(-c2ccccc2)cc1-c1ccccc1.[Cl][Zr][Cl]. The van der Waals surface area contributed by atoms with Crippen LogP contribution in [0.5, 0.6) is 5.75 Å². The van der Waals surface area contributed by atoms with E-state index in [1.807, 2.05) is 78.9 Å². The van der Waals surface area contributed by atoms with Crippen molar-refractivity contribution in [3.8, 4) is 28.0 Å². The summed E-state index contributed by atoms with van der Waals surface area (Å²) in [5, 5.41) is 12.3. The van der Waals surface area contributed by atoms with Gasteiger partial charge < -0.3 is 5.11 Å². The molecule has 0 aliphatic heterocycles. The Balaban J connectivity index is 0.000000806. The van der Waals surface area contributed by atoms with E-state index in [0.717, 1.165) is 27.6 Å². The number of aromatic hydroxyl groups is 1. The molecule has 0 aromatic heterocycles. The maximum atomic E-state index is 14.2. The summed E-state index contributed by atoms with van der Waals surface area (Å²) < 4.78 is 14.2. The van der Waals surface area contributed by atoms with E-state index in [-0.39, 0.29) is 20.1 Å². The van der Waals surface area contributed by atoms with Gasteiger partial charge in [0.05, 0.1) is 0 Å². The molecule has 30 heavy (non-hydrogen) atoms. The van der Waals surface area contributed by atoms with Gasteiger partial charge in [-0.25, -0.2) is 4.39 Å². The van der Waals surface area contributed by atoms with Gasteiger partial charge in [0.15, 0.2) is 0 Å². The van der Waals surface area contributed by atoms with Crippen LogP contribution in [0.25, 0.3) is 22.3 Å². The molecule has 0 fully saturated rings. The number of hydrogen-bond donors (Lipinski definition) is 1. The van der Waals surface area contributed by atoms with Crippen LogP contribution in [0.1, 0.15) is 0 Å². The molecule has 0 aliphatic carbocycles. The van der Waals surface area contributed by atoms with Crippen LogP contribution in [0.4, 0.5) is 4.39 Å². The molecule has 4 rings (SSSR count). The predicted octanol–water partition coefficient (Wildman–Crippen LogP) is 6.87. The summed E-state index contributed by atoms with van der Waals surface area (Å²) in [5.74, 6) is -0.0379. The molecule has 0 saturated heterocycles. The molecule has 0 aliphatic rings. The average molecular weight is 535 g/mol. The first-order chi connectivity index (χ1) is 14.6. The van der Waals surface area contributed by atoms with Gasteiger partial charge in [0.1, 0.15) is 11.6 Å². The Morgan fingerprint density at radius 2 is 1.20 bits per heavy atom. The molecule has 0 amide bonds. The minimum absolute atomic E-state index is 0.0320. The predicted molar refractivity (Wildman–Crippen MR) is 125 cm³/mol. The molecule has 4 aromatic rings. The fraction of sp³-hybridized carbons (Fsp3) is 0. The van der Waals surface area contributed by atoms with Crippen LogP contribution >= 0.6 is 25.6 Å². The van der Waals surface area contributed by atoms with Gasteiger partial charge in [-0.1, -0.05) is 87.4 Å². The average Bonchev–Trinajstić information content (AvgIpc) is 2.78. The van der Waals surface area contributed by atoms with Crippen molar-refractivity contribution in [3.05, 3.63) is 103 Å². The third kappa shape index (κ3) is 6.02. The van der Waals surface area contributed by atoms with E-state index in [1.54, 1.807) is 12.1 Å². The number of phenolic OH excluding ortho intramolecular Hbond substituents is 1. The molecule has 0 saturated carbocycles. The summed E-state index contributed by atoms with van der Waals surface area (Å²) in [6.07, 6.45) is 0. The van der Waals surface area contributed by atoms with Gasteiger partial charge in [-0.3, -0.25) is 0 Å². The van der Waals surface area contributed by atoms with Crippen LogP contribution in [-0.2, 0) is 20.8 Å². The van der Waals surface area contributed by atoms with Crippen LogP contribution < -0.4 is 10.6 Å². The van der Waals surface area contributed by atoms with Crippen molar-refractivity contribution in [2.45, 2.75) is 0 Å². The first-order valence-corrected chi connectivity index (χ1v) is 16.4. The third-order valence-electron chi connectivity index (χ3n) is 4.45. The van der Waals surface area contributed by atoms with Crippen LogP contribution in [0.3, 0.4) is 0 Å². The van der Waals surface area contributed by atoms with Crippen LogP contribution in [0.2, 0.25) is 0 Å². The topological polar surface area (TPSA) is 20.2 Å². The molecule has 150 valence electrons.